The second-order valence-corrected chi connectivity index (χ2v) is 9.39. The lowest BCUT2D eigenvalue weighted by Crippen LogP contribution is -2.37. The fraction of sp³-hybridized carbons (Fsp3) is 0.579. The summed E-state index contributed by atoms with van der Waals surface area (Å²) >= 11 is 0. The van der Waals surface area contributed by atoms with Crippen molar-refractivity contribution >= 4 is 15.8 Å². The molecule has 0 aliphatic heterocycles. The van der Waals surface area contributed by atoms with Crippen LogP contribution in [0.15, 0.2) is 29.4 Å². The van der Waals surface area contributed by atoms with E-state index in [0.717, 1.165) is 25.7 Å². The van der Waals surface area contributed by atoms with Crippen LogP contribution >= 0.6 is 0 Å². The van der Waals surface area contributed by atoms with Crippen molar-refractivity contribution in [1.29, 1.82) is 5.26 Å². The number of hydrogen-bond acceptors (Lipinski definition) is 6. The maximum absolute atomic E-state index is 12.6. The second-order valence-electron chi connectivity index (χ2n) is 7.83. The minimum atomic E-state index is -3.87. The first-order valence-electron chi connectivity index (χ1n) is 8.77. The fourth-order valence-electron chi connectivity index (χ4n) is 4.65. The average molecular weight is 376 g/mol. The van der Waals surface area contributed by atoms with Crippen molar-refractivity contribution in [3.63, 3.8) is 0 Å². The van der Waals surface area contributed by atoms with Gasteiger partial charge in [0, 0.05) is 5.56 Å². The van der Waals surface area contributed by atoms with Gasteiger partial charge in [-0.15, -0.1) is 0 Å². The van der Waals surface area contributed by atoms with E-state index in [2.05, 4.69) is 19.0 Å². The minimum Gasteiger partial charge on any atom is -0.497 e. The molecule has 0 saturated heterocycles. The summed E-state index contributed by atoms with van der Waals surface area (Å²) in [5.41, 5.74) is 0.132. The van der Waals surface area contributed by atoms with E-state index in [1.54, 1.807) is 31.4 Å². The van der Waals surface area contributed by atoms with Crippen molar-refractivity contribution in [3.05, 3.63) is 29.8 Å². The molecule has 0 aromatic heterocycles. The lowest BCUT2D eigenvalue weighted by molar-refractivity contribution is 0.150. The molecule has 26 heavy (non-hydrogen) atoms. The number of oxime groups is 1. The number of hydrogen-bond donors (Lipinski definition) is 0. The molecule has 0 atom stereocenters. The van der Waals surface area contributed by atoms with Crippen molar-refractivity contribution in [1.82, 2.24) is 0 Å². The van der Waals surface area contributed by atoms with Crippen LogP contribution in [0.3, 0.4) is 0 Å². The summed E-state index contributed by atoms with van der Waals surface area (Å²) in [6.07, 6.45) is 3.95. The van der Waals surface area contributed by atoms with E-state index in [9.17, 15) is 13.7 Å². The van der Waals surface area contributed by atoms with Crippen molar-refractivity contribution in [2.45, 2.75) is 39.5 Å². The van der Waals surface area contributed by atoms with Gasteiger partial charge in [-0.1, -0.05) is 19.0 Å². The molecule has 0 spiro atoms. The first kappa shape index (κ1) is 18.7. The van der Waals surface area contributed by atoms with Crippen LogP contribution in [0, 0.1) is 28.1 Å². The van der Waals surface area contributed by atoms with Crippen LogP contribution in [0.2, 0.25) is 0 Å². The molecule has 0 amide bonds. The van der Waals surface area contributed by atoms with Crippen LogP contribution < -0.4 is 4.74 Å². The number of methoxy groups -OCH3 is 1. The third kappa shape index (κ3) is 3.18. The number of nitriles is 1. The predicted octanol–water partition coefficient (Wildman–Crippen LogP) is 3.49. The fourth-order valence-corrected chi connectivity index (χ4v) is 6.22. The number of rotatable bonds is 6. The highest BCUT2D eigenvalue weighted by Crippen LogP contribution is 2.66. The third-order valence-electron chi connectivity index (χ3n) is 6.49. The Hall–Kier alpha value is -2.07. The van der Waals surface area contributed by atoms with Crippen LogP contribution in [-0.2, 0) is 14.4 Å². The van der Waals surface area contributed by atoms with Crippen LogP contribution in [-0.4, -0.2) is 27.0 Å². The largest absolute Gasteiger partial charge is 0.497 e. The Kier molecular flexibility index (Phi) is 4.74. The summed E-state index contributed by atoms with van der Waals surface area (Å²) in [6.45, 7) is 4.32. The van der Waals surface area contributed by atoms with Gasteiger partial charge in [0.15, 0.2) is 5.71 Å². The van der Waals surface area contributed by atoms with Gasteiger partial charge < -0.3 is 4.74 Å². The maximum atomic E-state index is 12.6. The predicted molar refractivity (Wildman–Crippen MR) is 98.2 cm³/mol. The van der Waals surface area contributed by atoms with Crippen LogP contribution in [0.25, 0.3) is 0 Å². The number of fused-ring (bicyclic) bond motifs is 2. The molecule has 2 fully saturated rings. The summed E-state index contributed by atoms with van der Waals surface area (Å²) in [5.74, 6) is 1.17. The maximum Gasteiger partial charge on any atom is 0.329 e. The van der Waals surface area contributed by atoms with Crippen molar-refractivity contribution < 1.29 is 17.4 Å². The highest BCUT2D eigenvalue weighted by atomic mass is 32.2. The SMILES string of the molecule is COc1ccc(C(C#N)=NOS(=O)(=O)CC23CCC(CC2)C3(C)C)cc1. The van der Waals surface area contributed by atoms with E-state index in [-0.39, 0.29) is 22.3 Å². The second kappa shape index (κ2) is 6.58. The zero-order chi connectivity index (χ0) is 19.0. The van der Waals surface area contributed by atoms with Gasteiger partial charge in [-0.25, -0.2) is 0 Å². The first-order valence-corrected chi connectivity index (χ1v) is 10.3. The Balaban J connectivity index is 1.76. The lowest BCUT2D eigenvalue weighted by Gasteiger charge is -2.37. The highest BCUT2D eigenvalue weighted by molar-refractivity contribution is 7.86. The van der Waals surface area contributed by atoms with Gasteiger partial charge in [-0.05, 0) is 66.7 Å². The van der Waals surface area contributed by atoms with Crippen LogP contribution in [0.5, 0.6) is 5.75 Å². The van der Waals surface area contributed by atoms with Gasteiger partial charge in [0.1, 0.15) is 11.8 Å². The lowest BCUT2D eigenvalue weighted by atomic mass is 9.71. The first-order chi connectivity index (χ1) is 12.2. The molecule has 3 rings (SSSR count). The number of benzene rings is 1. The summed E-state index contributed by atoms with van der Waals surface area (Å²) in [7, 11) is -2.33. The standard InChI is InChI=1S/C19H24N2O4S/c1-18(2)15-8-10-19(18,11-9-15)13-26(22,23)25-21-17(12-20)14-4-6-16(24-3)7-5-14/h4-7,15H,8-11,13H2,1-3H3. The van der Waals surface area contributed by atoms with Crippen LogP contribution in [0.1, 0.15) is 45.1 Å². The quantitative estimate of drug-likeness (QED) is 0.560. The van der Waals surface area contributed by atoms with E-state index in [4.69, 9.17) is 9.02 Å². The highest BCUT2D eigenvalue weighted by Gasteiger charge is 2.60. The molecule has 1 aromatic rings. The third-order valence-corrected chi connectivity index (χ3v) is 7.70. The Morgan fingerprint density at radius 2 is 1.88 bits per heavy atom. The Labute approximate surface area is 154 Å². The molecule has 0 radical (unpaired) electrons. The monoisotopic (exact) mass is 376 g/mol. The van der Waals surface area contributed by atoms with E-state index in [0.29, 0.717) is 17.2 Å². The Morgan fingerprint density at radius 1 is 1.27 bits per heavy atom. The topological polar surface area (TPSA) is 88.8 Å². The molecule has 140 valence electrons. The summed E-state index contributed by atoms with van der Waals surface area (Å²) in [5, 5.41) is 12.9. The smallest absolute Gasteiger partial charge is 0.329 e. The van der Waals surface area contributed by atoms with Crippen molar-refractivity contribution in [2.24, 2.45) is 21.9 Å². The summed E-state index contributed by atoms with van der Waals surface area (Å²) in [4.78, 5) is 0. The molecule has 7 heteroatoms. The molecule has 1 aromatic carbocycles. The Morgan fingerprint density at radius 3 is 2.35 bits per heavy atom. The number of ether oxygens (including phenoxy) is 1. The zero-order valence-electron chi connectivity index (χ0n) is 15.4. The molecule has 0 unspecified atom stereocenters. The molecule has 0 heterocycles. The molecule has 6 nitrogen and oxygen atoms in total. The Bertz CT molecular complexity index is 843. The molecule has 2 saturated carbocycles. The van der Waals surface area contributed by atoms with E-state index in [1.165, 1.54) is 0 Å². The van der Waals surface area contributed by atoms with Gasteiger partial charge in [0.2, 0.25) is 0 Å². The van der Waals surface area contributed by atoms with Crippen molar-refractivity contribution in [2.75, 3.05) is 12.9 Å². The minimum absolute atomic E-state index is 0.0127. The molecule has 0 N–H and O–H groups in total. The van der Waals surface area contributed by atoms with E-state index < -0.39 is 10.1 Å². The van der Waals surface area contributed by atoms with Crippen molar-refractivity contribution in [3.8, 4) is 11.8 Å². The normalized spacial score (nSPS) is 27.2. The molecular formula is C19H24N2O4S. The van der Waals surface area contributed by atoms with Gasteiger partial charge in [-0.3, -0.25) is 4.28 Å². The van der Waals surface area contributed by atoms with Gasteiger partial charge in [-0.2, -0.15) is 13.7 Å². The van der Waals surface area contributed by atoms with Gasteiger partial charge in [0.05, 0.1) is 12.9 Å². The zero-order valence-corrected chi connectivity index (χ0v) is 16.2. The molecular weight excluding hydrogens is 352 g/mol. The number of nitrogens with zero attached hydrogens (tertiary/aromatic N) is 2. The van der Waals surface area contributed by atoms with Gasteiger partial charge in [0.25, 0.3) is 0 Å². The summed E-state index contributed by atoms with van der Waals surface area (Å²) in [6, 6.07) is 8.51. The molecule has 2 aliphatic carbocycles. The molecule has 2 aliphatic rings. The molecule has 2 bridgehead atoms. The van der Waals surface area contributed by atoms with E-state index >= 15 is 0 Å². The van der Waals surface area contributed by atoms with Crippen LogP contribution in [0.4, 0.5) is 0 Å². The van der Waals surface area contributed by atoms with Gasteiger partial charge >= 0.3 is 10.1 Å². The summed E-state index contributed by atoms with van der Waals surface area (Å²) < 4.78 is 35.1. The van der Waals surface area contributed by atoms with E-state index in [1.807, 2.05) is 6.07 Å². The average Bonchev–Trinajstić information content (AvgIpc) is 2.99.